The van der Waals surface area contributed by atoms with Gasteiger partial charge in [0.05, 0.1) is 12.5 Å². The van der Waals surface area contributed by atoms with Crippen molar-refractivity contribution in [1.82, 2.24) is 0 Å². The molecule has 0 aromatic heterocycles. The molecule has 2 atom stereocenters. The Hall–Kier alpha value is -2.33. The van der Waals surface area contributed by atoms with Gasteiger partial charge in [-0.25, -0.2) is 0 Å². The quantitative estimate of drug-likeness (QED) is 0.884. The van der Waals surface area contributed by atoms with E-state index in [1.54, 1.807) is 7.11 Å². The third-order valence-electron chi connectivity index (χ3n) is 4.94. The Kier molecular flexibility index (Phi) is 4.33. The number of rotatable bonds is 6. The number of aryl methyl sites for hydroxylation is 2. The van der Waals surface area contributed by atoms with E-state index in [4.69, 9.17) is 15.2 Å². The van der Waals surface area contributed by atoms with Crippen LogP contribution in [0.4, 0.5) is 0 Å². The molecule has 1 saturated carbocycles. The van der Waals surface area contributed by atoms with E-state index in [0.29, 0.717) is 6.61 Å². The molecular weight excluding hydrogens is 302 g/mol. The second-order valence-electron chi connectivity index (χ2n) is 6.62. The van der Waals surface area contributed by atoms with Crippen LogP contribution in [0.3, 0.4) is 0 Å². The smallest absolute Gasteiger partial charge is 0.221 e. The first-order valence-electron chi connectivity index (χ1n) is 8.10. The first-order chi connectivity index (χ1) is 11.5. The summed E-state index contributed by atoms with van der Waals surface area (Å²) in [5.74, 6) is 1.11. The Labute approximate surface area is 142 Å². The largest absolute Gasteiger partial charge is 0.457 e. The molecule has 0 radical (unpaired) electrons. The first-order valence-corrected chi connectivity index (χ1v) is 8.10. The molecule has 2 aromatic rings. The Balaban J connectivity index is 1.86. The van der Waals surface area contributed by atoms with Crippen molar-refractivity contribution in [2.45, 2.75) is 25.7 Å². The molecule has 1 fully saturated rings. The standard InChI is InChI=1S/C20H23NO3/c1-13-7-8-17(9-14(13)2)24-16-6-4-5-15(10-16)20(12-23-3)11-18(20)19(21)22/h4-10,18H,11-12H2,1-3H3,(H2,21,22)/t18-,20-/m0/s1. The van der Waals surface area contributed by atoms with Gasteiger partial charge < -0.3 is 15.2 Å². The number of hydrogen-bond acceptors (Lipinski definition) is 3. The maximum absolute atomic E-state index is 11.6. The second kappa shape index (κ2) is 6.29. The number of ether oxygens (including phenoxy) is 2. The number of primary amides is 1. The van der Waals surface area contributed by atoms with Crippen molar-refractivity contribution >= 4 is 5.91 Å². The Bertz CT molecular complexity index is 771. The van der Waals surface area contributed by atoms with Crippen molar-refractivity contribution in [2.24, 2.45) is 11.7 Å². The SMILES string of the molecule is COC[C@]1(c2cccc(Oc3ccc(C)c(C)c3)c2)C[C@H]1C(N)=O. The minimum absolute atomic E-state index is 0.172. The predicted octanol–water partition coefficient (Wildman–Crippen LogP) is 3.49. The van der Waals surface area contributed by atoms with Gasteiger partial charge in [0.15, 0.2) is 0 Å². The average Bonchev–Trinajstić information content (AvgIpc) is 3.28. The predicted molar refractivity (Wildman–Crippen MR) is 93.3 cm³/mol. The van der Waals surface area contributed by atoms with Crippen LogP contribution >= 0.6 is 0 Å². The van der Waals surface area contributed by atoms with Gasteiger partial charge in [-0.1, -0.05) is 18.2 Å². The molecule has 2 N–H and O–H groups in total. The van der Waals surface area contributed by atoms with Gasteiger partial charge in [0.2, 0.25) is 5.91 Å². The summed E-state index contributed by atoms with van der Waals surface area (Å²) in [5.41, 5.74) is 8.65. The maximum atomic E-state index is 11.6. The molecule has 2 aromatic carbocycles. The molecule has 0 spiro atoms. The van der Waals surface area contributed by atoms with Crippen molar-refractivity contribution in [1.29, 1.82) is 0 Å². The van der Waals surface area contributed by atoms with Crippen LogP contribution in [0.1, 0.15) is 23.1 Å². The molecule has 0 bridgehead atoms. The van der Waals surface area contributed by atoms with E-state index in [1.165, 1.54) is 11.1 Å². The molecule has 4 nitrogen and oxygen atoms in total. The molecule has 126 valence electrons. The van der Waals surface area contributed by atoms with Crippen LogP contribution < -0.4 is 10.5 Å². The van der Waals surface area contributed by atoms with Crippen LogP contribution in [0.2, 0.25) is 0 Å². The van der Waals surface area contributed by atoms with Gasteiger partial charge in [0, 0.05) is 12.5 Å². The van der Waals surface area contributed by atoms with Gasteiger partial charge in [0.25, 0.3) is 0 Å². The lowest BCUT2D eigenvalue weighted by atomic mass is 9.93. The van der Waals surface area contributed by atoms with E-state index in [-0.39, 0.29) is 17.2 Å². The number of hydrogen-bond donors (Lipinski definition) is 1. The number of methoxy groups -OCH3 is 1. The summed E-state index contributed by atoms with van der Waals surface area (Å²) in [5, 5.41) is 0. The van der Waals surface area contributed by atoms with Crippen LogP contribution in [0, 0.1) is 19.8 Å². The maximum Gasteiger partial charge on any atom is 0.221 e. The Morgan fingerprint density at radius 1 is 1.17 bits per heavy atom. The number of carbonyl (C=O) groups is 1. The van der Waals surface area contributed by atoms with Gasteiger partial charge in [-0.2, -0.15) is 0 Å². The fraction of sp³-hybridized carbons (Fsp3) is 0.350. The minimum atomic E-state index is -0.316. The number of carbonyl (C=O) groups excluding carboxylic acids is 1. The van der Waals surface area contributed by atoms with Crippen molar-refractivity contribution in [2.75, 3.05) is 13.7 Å². The van der Waals surface area contributed by atoms with E-state index in [9.17, 15) is 4.79 Å². The number of nitrogens with two attached hydrogens (primary N) is 1. The number of benzene rings is 2. The fourth-order valence-corrected chi connectivity index (χ4v) is 3.28. The van der Waals surface area contributed by atoms with Crippen molar-refractivity contribution in [3.05, 3.63) is 59.2 Å². The molecule has 4 heteroatoms. The summed E-state index contributed by atoms with van der Waals surface area (Å²) in [6.45, 7) is 4.62. The molecule has 3 rings (SSSR count). The molecular formula is C20H23NO3. The highest BCUT2D eigenvalue weighted by molar-refractivity contribution is 5.82. The Morgan fingerprint density at radius 3 is 2.54 bits per heavy atom. The van der Waals surface area contributed by atoms with E-state index >= 15 is 0 Å². The fourth-order valence-electron chi connectivity index (χ4n) is 3.28. The molecule has 24 heavy (non-hydrogen) atoms. The normalized spacial score (nSPS) is 22.2. The number of amides is 1. The average molecular weight is 325 g/mol. The third kappa shape index (κ3) is 3.02. The lowest BCUT2D eigenvalue weighted by molar-refractivity contribution is -0.119. The molecule has 0 aliphatic heterocycles. The lowest BCUT2D eigenvalue weighted by Crippen LogP contribution is -2.25. The molecule has 0 saturated heterocycles. The highest BCUT2D eigenvalue weighted by Gasteiger charge is 2.58. The zero-order chi connectivity index (χ0) is 17.3. The molecule has 1 amide bonds. The van der Waals surface area contributed by atoms with Crippen molar-refractivity contribution < 1.29 is 14.3 Å². The van der Waals surface area contributed by atoms with Gasteiger partial charge in [-0.05, 0) is 61.2 Å². The third-order valence-corrected chi connectivity index (χ3v) is 4.94. The van der Waals surface area contributed by atoms with Crippen LogP contribution in [0.15, 0.2) is 42.5 Å². The van der Waals surface area contributed by atoms with E-state index < -0.39 is 0 Å². The monoisotopic (exact) mass is 325 g/mol. The topological polar surface area (TPSA) is 61.6 Å². The molecule has 0 unspecified atom stereocenters. The lowest BCUT2D eigenvalue weighted by Gasteiger charge is -2.17. The summed E-state index contributed by atoms with van der Waals surface area (Å²) in [7, 11) is 1.65. The van der Waals surface area contributed by atoms with E-state index in [1.807, 2.05) is 42.5 Å². The summed E-state index contributed by atoms with van der Waals surface area (Å²) in [6, 6.07) is 13.9. The zero-order valence-electron chi connectivity index (χ0n) is 14.3. The summed E-state index contributed by atoms with van der Waals surface area (Å²) in [6.07, 6.45) is 0.725. The summed E-state index contributed by atoms with van der Waals surface area (Å²) in [4.78, 5) is 11.6. The Morgan fingerprint density at radius 2 is 1.92 bits per heavy atom. The highest BCUT2D eigenvalue weighted by Crippen LogP contribution is 2.54. The van der Waals surface area contributed by atoms with Gasteiger partial charge >= 0.3 is 0 Å². The van der Waals surface area contributed by atoms with Crippen LogP contribution in [0.25, 0.3) is 0 Å². The second-order valence-corrected chi connectivity index (χ2v) is 6.62. The van der Waals surface area contributed by atoms with Crippen molar-refractivity contribution in [3.8, 4) is 11.5 Å². The minimum Gasteiger partial charge on any atom is -0.457 e. The summed E-state index contributed by atoms with van der Waals surface area (Å²) >= 11 is 0. The van der Waals surface area contributed by atoms with Crippen LogP contribution in [-0.2, 0) is 14.9 Å². The highest BCUT2D eigenvalue weighted by atomic mass is 16.5. The van der Waals surface area contributed by atoms with Gasteiger partial charge in [-0.15, -0.1) is 0 Å². The van der Waals surface area contributed by atoms with E-state index in [2.05, 4.69) is 13.8 Å². The zero-order valence-corrected chi connectivity index (χ0v) is 14.3. The van der Waals surface area contributed by atoms with Crippen LogP contribution in [0.5, 0.6) is 11.5 Å². The molecule has 0 heterocycles. The molecule has 1 aliphatic carbocycles. The van der Waals surface area contributed by atoms with Gasteiger partial charge in [0.1, 0.15) is 11.5 Å². The van der Waals surface area contributed by atoms with E-state index in [0.717, 1.165) is 23.5 Å². The van der Waals surface area contributed by atoms with Gasteiger partial charge in [-0.3, -0.25) is 4.79 Å². The van der Waals surface area contributed by atoms with Crippen LogP contribution in [-0.4, -0.2) is 19.6 Å². The first kappa shape index (κ1) is 16.5. The molecule has 1 aliphatic rings. The van der Waals surface area contributed by atoms with Crippen molar-refractivity contribution in [3.63, 3.8) is 0 Å². The summed E-state index contributed by atoms with van der Waals surface area (Å²) < 4.78 is 11.3.